The second kappa shape index (κ2) is 23.6. The fourth-order valence-corrected chi connectivity index (χ4v) is 21.8. The molecular formula is C59H90N2O14S2. The van der Waals surface area contributed by atoms with E-state index in [4.69, 9.17) is 23.4 Å². The normalized spacial score (nSPS) is 41.3. The number of carbonyl (C=O) groups is 1. The summed E-state index contributed by atoms with van der Waals surface area (Å²) in [4.78, 5) is 13.1. The van der Waals surface area contributed by atoms with Gasteiger partial charge in [-0.3, -0.25) is 4.79 Å². The van der Waals surface area contributed by atoms with Gasteiger partial charge in [0.2, 0.25) is 12.0 Å². The Bertz CT molecular complexity index is 2370. The van der Waals surface area contributed by atoms with Crippen molar-refractivity contribution < 1.29 is 69.0 Å². The van der Waals surface area contributed by atoms with E-state index >= 15 is 0 Å². The zero-order valence-electron chi connectivity index (χ0n) is 45.8. The molecule has 2 aromatic rings. The summed E-state index contributed by atoms with van der Waals surface area (Å²) in [5.41, 5.74) is -5.92. The van der Waals surface area contributed by atoms with Gasteiger partial charge in [0.15, 0.2) is 16.9 Å². The predicted octanol–water partition coefficient (Wildman–Crippen LogP) is 6.33. The van der Waals surface area contributed by atoms with Gasteiger partial charge in [-0.25, -0.2) is 0 Å². The van der Waals surface area contributed by atoms with Crippen LogP contribution < -0.4 is 20.1 Å². The van der Waals surface area contributed by atoms with Crippen molar-refractivity contribution in [1.82, 2.24) is 10.6 Å². The summed E-state index contributed by atoms with van der Waals surface area (Å²) in [6.45, 7) is 5.22. The molecule has 6 fully saturated rings. The molecule has 4 saturated carbocycles. The number of ether oxygens (including phenoxy) is 4. The molecule has 8 aliphatic rings. The number of hydrogen-bond acceptors (Lipinski definition) is 18. The number of aliphatic hydroxyl groups excluding tert-OH is 6. The Morgan fingerprint density at radius 3 is 2.58 bits per heavy atom. The molecule has 10 N–H and O–H groups in total. The number of furan rings is 1. The first kappa shape index (κ1) is 58.0. The van der Waals surface area contributed by atoms with E-state index in [-0.39, 0.29) is 91.5 Å². The number of esters is 1. The van der Waals surface area contributed by atoms with Gasteiger partial charge >= 0.3 is 5.97 Å². The van der Waals surface area contributed by atoms with Crippen molar-refractivity contribution in [1.29, 1.82) is 0 Å². The van der Waals surface area contributed by atoms with E-state index in [1.165, 1.54) is 0 Å². The average molecular weight is 1120 g/mol. The quantitative estimate of drug-likeness (QED) is 0.0597. The smallest absolute Gasteiger partial charge is 0.306 e. The number of aryl methyl sites for hydroxylation is 1. The first-order valence-electron chi connectivity index (χ1n) is 29.5. The van der Waals surface area contributed by atoms with Crippen molar-refractivity contribution in [3.8, 4) is 11.5 Å². The second-order valence-electron chi connectivity index (χ2n) is 25.0. The third kappa shape index (κ3) is 10.0. The summed E-state index contributed by atoms with van der Waals surface area (Å²) in [5.74, 6) is -2.06. The van der Waals surface area contributed by atoms with Crippen LogP contribution in [0.25, 0.3) is 11.0 Å². The Labute approximate surface area is 462 Å². The molecule has 10 rings (SSSR count). The number of fused-ring (bicyclic) bond motifs is 12. The Morgan fingerprint density at radius 1 is 1.00 bits per heavy atom. The monoisotopic (exact) mass is 1110 g/mol. The molecule has 5 aliphatic carbocycles. The van der Waals surface area contributed by atoms with Gasteiger partial charge in [-0.15, -0.1) is 0 Å². The summed E-state index contributed by atoms with van der Waals surface area (Å²) in [6, 6.07) is 3.59. The van der Waals surface area contributed by atoms with Crippen LogP contribution in [0.2, 0.25) is 0 Å². The van der Waals surface area contributed by atoms with Crippen LogP contribution >= 0.6 is 21.6 Å². The van der Waals surface area contributed by atoms with Crippen molar-refractivity contribution >= 4 is 38.5 Å². The molecule has 18 heteroatoms. The number of aliphatic hydroxyl groups is 8. The number of nitrogens with one attached hydrogen (secondary N) is 2. The first-order valence-corrected chi connectivity index (χ1v) is 31.8. The summed E-state index contributed by atoms with van der Waals surface area (Å²) in [7, 11) is 5.46. The fourth-order valence-electron chi connectivity index (χ4n) is 17.5. The second-order valence-corrected chi connectivity index (χ2v) is 27.7. The molecule has 4 spiro atoms. The van der Waals surface area contributed by atoms with Crippen LogP contribution in [-0.4, -0.2) is 157 Å². The number of benzene rings is 1. The van der Waals surface area contributed by atoms with Crippen LogP contribution in [-0.2, 0) is 20.7 Å². The minimum atomic E-state index is -2.51. The number of rotatable bonds is 13. The van der Waals surface area contributed by atoms with Crippen molar-refractivity contribution in [3.63, 3.8) is 0 Å². The molecule has 432 valence electrons. The SMILES string of the molecule is CCOC(=O)CCc1cc2ccoc2c2c1O[C@@H]1O[C@@]3(CSS[C@@]4(CC5(CCCC5)[C@@]5(CC[C@@H](CNC)C5)[C@H]4CC[C@H](O)CCCO)[C@@H](CC[C@@H](C)CCC[C@H]3O)NCCO2)[C@]2(O)C[C@@H]3C=C[C@H](O)[C@H](CO)[C@H]3[C@@]1(O)[C@H]2O. The van der Waals surface area contributed by atoms with Crippen molar-refractivity contribution in [2.45, 2.75) is 201 Å². The number of carbonyl (C=O) groups excluding carboxylic acids is 1. The van der Waals surface area contributed by atoms with Crippen LogP contribution in [0, 0.1) is 46.3 Å². The van der Waals surface area contributed by atoms with Gasteiger partial charge in [-0.05, 0) is 169 Å². The number of hydrogen-bond donors (Lipinski definition) is 10. The molecular weight excluding hydrogens is 1020 g/mol. The Kier molecular flexibility index (Phi) is 17.8. The predicted molar refractivity (Wildman–Crippen MR) is 295 cm³/mol. The minimum absolute atomic E-state index is 0.00989. The molecule has 5 bridgehead atoms. The summed E-state index contributed by atoms with van der Waals surface area (Å²) in [6.07, 6.45) is 12.5. The highest BCUT2D eigenvalue weighted by Gasteiger charge is 2.79. The van der Waals surface area contributed by atoms with E-state index in [2.05, 4.69) is 17.6 Å². The summed E-state index contributed by atoms with van der Waals surface area (Å²) < 4.78 is 32.7. The third-order valence-corrected chi connectivity index (χ3v) is 24.3. The molecule has 3 aliphatic heterocycles. The van der Waals surface area contributed by atoms with Gasteiger partial charge in [-0.1, -0.05) is 66.3 Å². The Balaban J connectivity index is 1.18. The molecule has 17 atom stereocenters. The first-order chi connectivity index (χ1) is 37.1. The van der Waals surface area contributed by atoms with Gasteiger partial charge < -0.3 is 74.9 Å². The maximum Gasteiger partial charge on any atom is 0.306 e. The molecule has 0 amide bonds. The molecule has 1 aromatic carbocycles. The van der Waals surface area contributed by atoms with Gasteiger partial charge in [-0.2, -0.15) is 0 Å². The average Bonchev–Trinajstić information content (AvgIpc) is 4.30. The molecule has 1 aromatic heterocycles. The maximum atomic E-state index is 13.9. The fraction of sp³-hybridized carbons (Fsp3) is 0.814. The van der Waals surface area contributed by atoms with Crippen LogP contribution in [0.15, 0.2) is 35.0 Å². The highest BCUT2D eigenvalue weighted by Crippen LogP contribution is 2.78. The van der Waals surface area contributed by atoms with Gasteiger partial charge in [0.25, 0.3) is 0 Å². The van der Waals surface area contributed by atoms with Gasteiger partial charge in [0, 0.05) is 59.9 Å². The van der Waals surface area contributed by atoms with Gasteiger partial charge in [0.1, 0.15) is 23.9 Å². The van der Waals surface area contributed by atoms with E-state index in [1.54, 1.807) is 42.2 Å². The summed E-state index contributed by atoms with van der Waals surface area (Å²) >= 11 is 0. The largest absolute Gasteiger partial charge is 0.485 e. The lowest BCUT2D eigenvalue weighted by Crippen LogP contribution is -2.86. The standard InChI is InChI=1S/C59H90N2O14S2/c1-4-71-47(67)19-14-38-29-39-21-27-72-49(39)51-50(38)74-53-59(70)48-40(13-16-43(65)42(48)33-63)31-57(69,52(59)68)58(75-53)35-76-77-56(45(61-25-28-73-51)18-12-36(2)9-7-11-46(58)66)34-54(22-5-6-23-54)55(24-20-37(30-55)32-60-3)44(56)17-15-41(64)10-8-26-62/h13,16,21,27,29,36-37,40-46,48,52-53,60-66,68-70H,4-12,14-15,17-20,22-26,28,30-35H2,1-3H3/t36-,37+,40-,41+,42-,43-,44+,45+,46+,48-,52-,53+,55+,56+,57-,58+,59+/m0/s1. The topological polar surface area (TPSA) is 253 Å². The highest BCUT2D eigenvalue weighted by atomic mass is 33.1. The van der Waals surface area contributed by atoms with Gasteiger partial charge in [0.05, 0.1) is 31.2 Å². The van der Waals surface area contributed by atoms with E-state index in [9.17, 15) is 45.6 Å². The Morgan fingerprint density at radius 2 is 1.82 bits per heavy atom. The molecule has 2 saturated heterocycles. The summed E-state index contributed by atoms with van der Waals surface area (Å²) in [5, 5.41) is 107. The number of allylic oxidation sites excluding steroid dienone is 1. The highest BCUT2D eigenvalue weighted by molar-refractivity contribution is 8.77. The molecule has 4 heterocycles. The van der Waals surface area contributed by atoms with Crippen LogP contribution in [0.3, 0.4) is 0 Å². The van der Waals surface area contributed by atoms with E-state index in [0.717, 1.165) is 83.6 Å². The molecule has 0 unspecified atom stereocenters. The van der Waals surface area contributed by atoms with Crippen LogP contribution in [0.5, 0.6) is 11.5 Å². The van der Waals surface area contributed by atoms with Crippen LogP contribution in [0.4, 0.5) is 0 Å². The maximum absolute atomic E-state index is 13.9. The zero-order chi connectivity index (χ0) is 54.4. The van der Waals surface area contributed by atoms with E-state index in [0.29, 0.717) is 54.7 Å². The Hall–Kier alpha value is -2.17. The lowest BCUT2D eigenvalue weighted by molar-refractivity contribution is -0.424. The molecule has 0 radical (unpaired) electrons. The van der Waals surface area contributed by atoms with E-state index in [1.807, 2.05) is 23.9 Å². The van der Waals surface area contributed by atoms with Crippen molar-refractivity contribution in [2.75, 3.05) is 52.3 Å². The molecule has 16 nitrogen and oxygen atoms in total. The zero-order valence-corrected chi connectivity index (χ0v) is 47.4. The van der Waals surface area contributed by atoms with Crippen LogP contribution in [0.1, 0.15) is 141 Å². The molecule has 77 heavy (non-hydrogen) atoms. The lowest BCUT2D eigenvalue weighted by Gasteiger charge is -2.67. The minimum Gasteiger partial charge on any atom is -0.485 e. The van der Waals surface area contributed by atoms with Crippen molar-refractivity contribution in [2.24, 2.45) is 46.3 Å². The third-order valence-electron chi connectivity index (χ3n) is 21.0. The van der Waals surface area contributed by atoms with Crippen molar-refractivity contribution in [3.05, 3.63) is 36.1 Å². The lowest BCUT2D eigenvalue weighted by atomic mass is 9.50. The van der Waals surface area contributed by atoms with E-state index < -0.39 is 82.6 Å².